The lowest BCUT2D eigenvalue weighted by atomic mass is 10.2. The van der Waals surface area contributed by atoms with Crippen molar-refractivity contribution in [3.05, 3.63) is 11.1 Å². The molecule has 1 atom stereocenters. The summed E-state index contributed by atoms with van der Waals surface area (Å²) >= 11 is 1.06. The van der Waals surface area contributed by atoms with Crippen molar-refractivity contribution in [2.24, 2.45) is 0 Å². The average Bonchev–Trinajstić information content (AvgIpc) is 2.93. The molecular weight excluding hydrogens is 324 g/mol. The van der Waals surface area contributed by atoms with Gasteiger partial charge in [-0.1, -0.05) is 0 Å². The summed E-state index contributed by atoms with van der Waals surface area (Å²) in [6.07, 6.45) is 0. The zero-order valence-corrected chi connectivity index (χ0v) is 13.1. The highest BCUT2D eigenvalue weighted by Gasteiger charge is 2.37. The molecule has 1 fully saturated rings. The first-order valence-electron chi connectivity index (χ1n) is 6.72. The Balaban J connectivity index is 2.12. The number of nitrogens with two attached hydrogens (primary N) is 1. The summed E-state index contributed by atoms with van der Waals surface area (Å²) in [6, 6.07) is -2.26. The van der Waals surface area contributed by atoms with E-state index in [1.165, 1.54) is 10.3 Å². The van der Waals surface area contributed by atoms with E-state index in [-0.39, 0.29) is 23.9 Å². The van der Waals surface area contributed by atoms with Crippen LogP contribution < -0.4 is 16.8 Å². The average molecular weight is 339 g/mol. The van der Waals surface area contributed by atoms with E-state index in [4.69, 9.17) is 11.5 Å². The van der Waals surface area contributed by atoms with E-state index < -0.39 is 29.8 Å². The molecule has 1 radical (unpaired) electrons. The van der Waals surface area contributed by atoms with Gasteiger partial charge in [-0.25, -0.2) is 9.78 Å². The topological polar surface area (TPSA) is 149 Å². The molecule has 1 aromatic heterocycles. The Morgan fingerprint density at radius 2 is 2.13 bits per heavy atom. The van der Waals surface area contributed by atoms with Gasteiger partial charge in [0.25, 0.3) is 5.91 Å². The first-order valence-corrected chi connectivity index (χ1v) is 7.60. The number of carbonyl (C=O) groups is 4. The van der Waals surface area contributed by atoms with Crippen LogP contribution in [0.2, 0.25) is 0 Å². The zero-order valence-electron chi connectivity index (χ0n) is 12.2. The molecule has 1 aromatic rings. The molecule has 23 heavy (non-hydrogen) atoms. The Hall–Kier alpha value is -2.69. The van der Waals surface area contributed by atoms with Gasteiger partial charge in [0.15, 0.2) is 11.2 Å². The molecule has 1 unspecified atom stereocenters. The van der Waals surface area contributed by atoms with Crippen molar-refractivity contribution in [2.45, 2.75) is 13.0 Å². The lowest BCUT2D eigenvalue weighted by Gasteiger charge is -2.32. The van der Waals surface area contributed by atoms with Crippen LogP contribution in [-0.4, -0.2) is 58.2 Å². The van der Waals surface area contributed by atoms with Gasteiger partial charge >= 0.3 is 17.8 Å². The van der Waals surface area contributed by atoms with Crippen molar-refractivity contribution in [1.82, 2.24) is 25.8 Å². The number of urea groups is 1. The minimum Gasteiger partial charge on any atom is -0.375 e. The third-order valence-corrected chi connectivity index (χ3v) is 3.99. The monoisotopic (exact) mass is 339 g/mol. The number of imide groups is 1. The predicted octanol–water partition coefficient (Wildman–Crippen LogP) is -1.02. The van der Waals surface area contributed by atoms with Crippen LogP contribution in [-0.2, 0) is 14.4 Å². The molecule has 0 bridgehead atoms. The number of nitrogens with one attached hydrogen (secondary N) is 2. The number of nitrogen functional groups attached to an aromatic ring is 1. The molecule has 0 aromatic carbocycles. The van der Waals surface area contributed by atoms with E-state index in [2.05, 4.69) is 10.3 Å². The highest BCUT2D eigenvalue weighted by molar-refractivity contribution is 7.13. The first kappa shape index (κ1) is 16.7. The highest BCUT2D eigenvalue weighted by atomic mass is 32.1. The second kappa shape index (κ2) is 6.60. The molecule has 1 aliphatic heterocycles. The van der Waals surface area contributed by atoms with E-state index in [1.807, 2.05) is 0 Å². The lowest BCUT2D eigenvalue weighted by Crippen LogP contribution is -2.58. The molecule has 0 aliphatic carbocycles. The first-order chi connectivity index (χ1) is 10.8. The molecule has 0 saturated carbocycles. The van der Waals surface area contributed by atoms with Crippen LogP contribution in [0, 0.1) is 0 Å². The number of amides is 5. The number of rotatable bonds is 4. The number of nitrogens with zero attached hydrogens (tertiary/aromatic N) is 3. The van der Waals surface area contributed by atoms with Gasteiger partial charge in [0.2, 0.25) is 0 Å². The SMILES string of the molecule is CCN1CCN(C(=O)NC(C([NH])=O)c2csc(N)n2)C(=O)C1=O. The molecule has 1 saturated heterocycles. The Kier molecular flexibility index (Phi) is 4.79. The van der Waals surface area contributed by atoms with Gasteiger partial charge in [-0.2, -0.15) is 0 Å². The normalized spacial score (nSPS) is 16.4. The maximum atomic E-state index is 12.2. The second-order valence-electron chi connectivity index (χ2n) is 4.70. The molecule has 5 amide bonds. The van der Waals surface area contributed by atoms with E-state index in [0.29, 0.717) is 6.54 Å². The van der Waals surface area contributed by atoms with Crippen molar-refractivity contribution in [1.29, 1.82) is 0 Å². The van der Waals surface area contributed by atoms with Crippen molar-refractivity contribution < 1.29 is 19.2 Å². The quantitative estimate of drug-likeness (QED) is 0.670. The van der Waals surface area contributed by atoms with Crippen molar-refractivity contribution in [2.75, 3.05) is 25.4 Å². The second-order valence-corrected chi connectivity index (χ2v) is 5.59. The molecule has 1 aliphatic rings. The zero-order chi connectivity index (χ0) is 17.1. The Bertz CT molecular complexity index is 660. The van der Waals surface area contributed by atoms with Gasteiger partial charge in [-0.15, -0.1) is 11.3 Å². The Morgan fingerprint density at radius 3 is 2.65 bits per heavy atom. The minimum absolute atomic E-state index is 0.0162. The Labute approximate surface area is 135 Å². The summed E-state index contributed by atoms with van der Waals surface area (Å²) in [7, 11) is 0. The van der Waals surface area contributed by atoms with E-state index in [1.54, 1.807) is 6.92 Å². The molecule has 2 heterocycles. The minimum atomic E-state index is -1.34. The van der Waals surface area contributed by atoms with Gasteiger partial charge in [0, 0.05) is 25.0 Å². The van der Waals surface area contributed by atoms with Crippen LogP contribution in [0.3, 0.4) is 0 Å². The van der Waals surface area contributed by atoms with Gasteiger partial charge < -0.3 is 16.0 Å². The Morgan fingerprint density at radius 1 is 1.43 bits per heavy atom. The third kappa shape index (κ3) is 3.39. The smallest absolute Gasteiger partial charge is 0.325 e. The van der Waals surface area contributed by atoms with Crippen molar-refractivity contribution >= 4 is 40.2 Å². The fourth-order valence-electron chi connectivity index (χ4n) is 2.08. The van der Waals surface area contributed by atoms with Crippen LogP contribution >= 0.6 is 11.3 Å². The lowest BCUT2D eigenvalue weighted by molar-refractivity contribution is -0.153. The molecule has 11 heteroatoms. The maximum Gasteiger partial charge on any atom is 0.325 e. The predicted molar refractivity (Wildman–Crippen MR) is 79.9 cm³/mol. The van der Waals surface area contributed by atoms with Gasteiger partial charge in [0.05, 0.1) is 5.69 Å². The highest BCUT2D eigenvalue weighted by Crippen LogP contribution is 2.19. The summed E-state index contributed by atoms with van der Waals surface area (Å²) in [5.74, 6) is -2.85. The molecule has 0 spiro atoms. The molecule has 123 valence electrons. The van der Waals surface area contributed by atoms with Crippen LogP contribution in [0.1, 0.15) is 18.7 Å². The van der Waals surface area contributed by atoms with E-state index in [9.17, 15) is 19.2 Å². The summed E-state index contributed by atoms with van der Waals surface area (Å²) in [4.78, 5) is 53.2. The van der Waals surface area contributed by atoms with Crippen LogP contribution in [0.5, 0.6) is 0 Å². The number of carbonyl (C=O) groups excluding carboxylic acids is 4. The summed E-state index contributed by atoms with van der Waals surface area (Å²) in [5, 5.41) is 3.87. The molecular formula is C12H15N6O4S. The summed E-state index contributed by atoms with van der Waals surface area (Å²) in [6.45, 7) is 2.33. The van der Waals surface area contributed by atoms with Crippen LogP contribution in [0.25, 0.3) is 0 Å². The number of anilines is 1. The van der Waals surface area contributed by atoms with Gasteiger partial charge in [-0.3, -0.25) is 25.0 Å². The number of hydrogen-bond acceptors (Lipinski definition) is 7. The number of piperazine rings is 1. The molecule has 10 nitrogen and oxygen atoms in total. The number of hydrogen-bond donors (Lipinski definition) is 2. The van der Waals surface area contributed by atoms with Gasteiger partial charge in [-0.05, 0) is 6.92 Å². The summed E-state index contributed by atoms with van der Waals surface area (Å²) in [5.41, 5.74) is 12.8. The fraction of sp³-hybridized carbons (Fsp3) is 0.417. The van der Waals surface area contributed by atoms with Crippen molar-refractivity contribution in [3.8, 4) is 0 Å². The molecule has 4 N–H and O–H groups in total. The summed E-state index contributed by atoms with van der Waals surface area (Å²) < 4.78 is 0. The van der Waals surface area contributed by atoms with Gasteiger partial charge in [0.1, 0.15) is 0 Å². The largest absolute Gasteiger partial charge is 0.375 e. The van der Waals surface area contributed by atoms with E-state index >= 15 is 0 Å². The fourth-order valence-corrected chi connectivity index (χ4v) is 2.67. The third-order valence-electron chi connectivity index (χ3n) is 3.30. The van der Waals surface area contributed by atoms with Crippen LogP contribution in [0.15, 0.2) is 5.38 Å². The standard InChI is InChI=1S/C12H15N6O4S/c1-2-17-3-4-18(10(21)9(17)20)12(22)16-7(8(13)19)6-5-23-11(14)15-6/h5,7,13H,2-4H2,1H3,(H2,14,15)(H,16,22). The van der Waals surface area contributed by atoms with Crippen molar-refractivity contribution in [3.63, 3.8) is 0 Å². The van der Waals surface area contributed by atoms with Crippen LogP contribution in [0.4, 0.5) is 9.93 Å². The maximum absolute atomic E-state index is 12.2. The number of aromatic nitrogens is 1. The number of thiazole rings is 1. The molecule has 2 rings (SSSR count). The number of likely N-dealkylation sites (N-methyl/N-ethyl adjacent to an activating group) is 1. The van der Waals surface area contributed by atoms with E-state index in [0.717, 1.165) is 16.2 Å².